The van der Waals surface area contributed by atoms with E-state index in [9.17, 15) is 4.79 Å². The Morgan fingerprint density at radius 3 is 2.71 bits per heavy atom. The van der Waals surface area contributed by atoms with E-state index in [1.54, 1.807) is 13.2 Å². The van der Waals surface area contributed by atoms with Crippen LogP contribution in [-0.2, 0) is 6.61 Å². The predicted octanol–water partition coefficient (Wildman–Crippen LogP) is 2.14. The van der Waals surface area contributed by atoms with E-state index in [-0.39, 0.29) is 18.6 Å². The summed E-state index contributed by atoms with van der Waals surface area (Å²) in [5.74, 6) is 1.10. The largest absolute Gasteiger partial charge is 0.493 e. The van der Waals surface area contributed by atoms with Crippen LogP contribution >= 0.6 is 0 Å². The van der Waals surface area contributed by atoms with Crippen LogP contribution in [0.4, 0.5) is 0 Å². The molecule has 0 bridgehead atoms. The van der Waals surface area contributed by atoms with E-state index in [1.165, 1.54) is 0 Å². The third-order valence-electron chi connectivity index (χ3n) is 2.74. The first-order chi connectivity index (χ1) is 10.1. The van der Waals surface area contributed by atoms with E-state index in [0.717, 1.165) is 5.69 Å². The fourth-order valence-electron chi connectivity index (χ4n) is 1.78. The number of hydrogen-bond donors (Lipinski definition) is 2. The topological polar surface area (TPSA) is 76.2 Å². The molecular formula is C15H19N3O3. The van der Waals surface area contributed by atoms with Gasteiger partial charge >= 0.3 is 0 Å². The summed E-state index contributed by atoms with van der Waals surface area (Å²) in [5, 5.41) is 9.55. The zero-order valence-electron chi connectivity index (χ0n) is 12.3. The first-order valence-corrected chi connectivity index (χ1v) is 6.71. The van der Waals surface area contributed by atoms with Gasteiger partial charge in [0.1, 0.15) is 12.3 Å². The molecule has 0 fully saturated rings. The zero-order valence-corrected chi connectivity index (χ0v) is 12.3. The second-order valence-corrected chi connectivity index (χ2v) is 4.85. The maximum Gasteiger partial charge on any atom is 0.271 e. The highest BCUT2D eigenvalue weighted by atomic mass is 16.5. The number of amides is 1. The van der Waals surface area contributed by atoms with E-state index in [1.807, 2.05) is 38.1 Å². The molecule has 0 saturated carbocycles. The molecule has 2 N–H and O–H groups in total. The molecule has 0 saturated heterocycles. The molecule has 0 aliphatic heterocycles. The van der Waals surface area contributed by atoms with Gasteiger partial charge in [0.25, 0.3) is 5.91 Å². The van der Waals surface area contributed by atoms with Gasteiger partial charge in [-0.3, -0.25) is 9.89 Å². The number of para-hydroxylation sites is 2. The Bertz CT molecular complexity index is 608. The molecule has 0 aliphatic rings. The standard InChI is InChI=1S/C15H19N3O3/c1-10(2)16-15(19)12-8-11(17-18-12)9-21-14-7-5-4-6-13(14)20-3/h4-8,10H,9H2,1-3H3,(H,16,19)(H,17,18). The van der Waals surface area contributed by atoms with E-state index in [2.05, 4.69) is 15.5 Å². The average Bonchev–Trinajstić information content (AvgIpc) is 2.93. The number of aromatic amines is 1. The Kier molecular flexibility index (Phi) is 4.81. The van der Waals surface area contributed by atoms with Gasteiger partial charge in [0, 0.05) is 6.04 Å². The maximum absolute atomic E-state index is 11.8. The number of carbonyl (C=O) groups excluding carboxylic acids is 1. The molecule has 0 atom stereocenters. The summed E-state index contributed by atoms with van der Waals surface area (Å²) >= 11 is 0. The summed E-state index contributed by atoms with van der Waals surface area (Å²) in [4.78, 5) is 11.8. The Hall–Kier alpha value is -2.50. The number of H-pyrrole nitrogens is 1. The lowest BCUT2D eigenvalue weighted by atomic mass is 10.3. The normalized spacial score (nSPS) is 10.5. The maximum atomic E-state index is 11.8. The molecule has 112 valence electrons. The van der Waals surface area contributed by atoms with Crippen molar-refractivity contribution in [2.24, 2.45) is 0 Å². The summed E-state index contributed by atoms with van der Waals surface area (Å²) in [6.45, 7) is 4.08. The molecule has 6 heteroatoms. The highest BCUT2D eigenvalue weighted by Gasteiger charge is 2.12. The van der Waals surface area contributed by atoms with Crippen molar-refractivity contribution >= 4 is 5.91 Å². The monoisotopic (exact) mass is 289 g/mol. The number of nitrogens with one attached hydrogen (secondary N) is 2. The summed E-state index contributed by atoms with van der Waals surface area (Å²) in [6, 6.07) is 9.13. The van der Waals surface area contributed by atoms with E-state index >= 15 is 0 Å². The number of aromatic nitrogens is 2. The van der Waals surface area contributed by atoms with Crippen molar-refractivity contribution in [3.63, 3.8) is 0 Å². The molecule has 1 heterocycles. The van der Waals surface area contributed by atoms with Crippen molar-refractivity contribution in [1.82, 2.24) is 15.5 Å². The molecule has 0 unspecified atom stereocenters. The minimum absolute atomic E-state index is 0.0717. The number of hydrogen-bond acceptors (Lipinski definition) is 4. The molecule has 0 radical (unpaired) electrons. The quantitative estimate of drug-likeness (QED) is 0.854. The van der Waals surface area contributed by atoms with Crippen LogP contribution < -0.4 is 14.8 Å². The van der Waals surface area contributed by atoms with Gasteiger partial charge in [-0.25, -0.2) is 0 Å². The lowest BCUT2D eigenvalue weighted by Crippen LogP contribution is -2.30. The van der Waals surface area contributed by atoms with Crippen LogP contribution in [0.15, 0.2) is 30.3 Å². The van der Waals surface area contributed by atoms with E-state index < -0.39 is 0 Å². The van der Waals surface area contributed by atoms with Gasteiger partial charge in [-0.2, -0.15) is 5.10 Å². The molecule has 6 nitrogen and oxygen atoms in total. The van der Waals surface area contributed by atoms with Gasteiger partial charge in [-0.15, -0.1) is 0 Å². The van der Waals surface area contributed by atoms with Crippen molar-refractivity contribution < 1.29 is 14.3 Å². The van der Waals surface area contributed by atoms with Crippen LogP contribution in [0, 0.1) is 0 Å². The van der Waals surface area contributed by atoms with Crippen LogP contribution in [0.2, 0.25) is 0 Å². The van der Waals surface area contributed by atoms with Crippen LogP contribution in [-0.4, -0.2) is 29.3 Å². The molecular weight excluding hydrogens is 270 g/mol. The Morgan fingerprint density at radius 2 is 2.05 bits per heavy atom. The van der Waals surface area contributed by atoms with E-state index in [4.69, 9.17) is 9.47 Å². The highest BCUT2D eigenvalue weighted by molar-refractivity contribution is 5.92. The number of rotatable bonds is 6. The van der Waals surface area contributed by atoms with Gasteiger partial charge in [0.15, 0.2) is 11.5 Å². The van der Waals surface area contributed by atoms with Gasteiger partial charge < -0.3 is 14.8 Å². The van der Waals surface area contributed by atoms with Crippen molar-refractivity contribution in [3.05, 3.63) is 41.7 Å². The highest BCUT2D eigenvalue weighted by Crippen LogP contribution is 2.26. The van der Waals surface area contributed by atoms with Crippen molar-refractivity contribution in [2.45, 2.75) is 26.5 Å². The first-order valence-electron chi connectivity index (χ1n) is 6.71. The second-order valence-electron chi connectivity index (χ2n) is 4.85. The van der Waals surface area contributed by atoms with Crippen LogP contribution in [0.5, 0.6) is 11.5 Å². The molecule has 1 amide bonds. The van der Waals surface area contributed by atoms with Crippen LogP contribution in [0.1, 0.15) is 30.0 Å². The number of methoxy groups -OCH3 is 1. The SMILES string of the molecule is COc1ccccc1OCc1cc(C(=O)NC(C)C)n[nH]1. The summed E-state index contributed by atoms with van der Waals surface area (Å²) in [6.07, 6.45) is 0. The zero-order chi connectivity index (χ0) is 15.2. The molecule has 0 spiro atoms. The fourth-order valence-corrected chi connectivity index (χ4v) is 1.78. The Morgan fingerprint density at radius 1 is 1.33 bits per heavy atom. The van der Waals surface area contributed by atoms with Gasteiger partial charge in [-0.1, -0.05) is 12.1 Å². The summed E-state index contributed by atoms with van der Waals surface area (Å²) in [7, 11) is 1.59. The minimum atomic E-state index is -0.204. The smallest absolute Gasteiger partial charge is 0.271 e. The van der Waals surface area contributed by atoms with Crippen molar-refractivity contribution in [1.29, 1.82) is 0 Å². The fraction of sp³-hybridized carbons (Fsp3) is 0.333. The predicted molar refractivity (Wildman–Crippen MR) is 78.5 cm³/mol. The second kappa shape index (κ2) is 6.78. The lowest BCUT2D eigenvalue weighted by Gasteiger charge is -2.08. The summed E-state index contributed by atoms with van der Waals surface area (Å²) < 4.78 is 10.9. The molecule has 21 heavy (non-hydrogen) atoms. The number of ether oxygens (including phenoxy) is 2. The first kappa shape index (κ1) is 14.9. The molecule has 2 rings (SSSR count). The summed E-state index contributed by atoms with van der Waals surface area (Å²) in [5.41, 5.74) is 1.07. The van der Waals surface area contributed by atoms with Gasteiger partial charge in [0.2, 0.25) is 0 Å². The van der Waals surface area contributed by atoms with Crippen LogP contribution in [0.25, 0.3) is 0 Å². The molecule has 2 aromatic rings. The number of nitrogens with zero attached hydrogens (tertiary/aromatic N) is 1. The number of carbonyl (C=O) groups is 1. The molecule has 1 aromatic heterocycles. The average molecular weight is 289 g/mol. The third-order valence-corrected chi connectivity index (χ3v) is 2.74. The Labute approximate surface area is 123 Å². The van der Waals surface area contributed by atoms with Gasteiger partial charge in [0.05, 0.1) is 12.8 Å². The van der Waals surface area contributed by atoms with Crippen molar-refractivity contribution in [2.75, 3.05) is 7.11 Å². The minimum Gasteiger partial charge on any atom is -0.493 e. The van der Waals surface area contributed by atoms with Gasteiger partial charge in [-0.05, 0) is 32.0 Å². The number of benzene rings is 1. The third kappa shape index (κ3) is 3.98. The molecule has 1 aromatic carbocycles. The van der Waals surface area contributed by atoms with E-state index in [0.29, 0.717) is 17.2 Å². The lowest BCUT2D eigenvalue weighted by molar-refractivity contribution is 0.0938. The van der Waals surface area contributed by atoms with Crippen molar-refractivity contribution in [3.8, 4) is 11.5 Å². The molecule has 0 aliphatic carbocycles. The van der Waals surface area contributed by atoms with Crippen LogP contribution in [0.3, 0.4) is 0 Å². The Balaban J connectivity index is 1.98.